The van der Waals surface area contributed by atoms with Gasteiger partial charge in [0, 0.05) is 0 Å². The van der Waals surface area contributed by atoms with Crippen LogP contribution < -0.4 is 4.72 Å². The average molecular weight is 513 g/mol. The van der Waals surface area contributed by atoms with Crippen LogP contribution in [0.15, 0.2) is 47.4 Å². The van der Waals surface area contributed by atoms with Gasteiger partial charge in [-0.05, 0) is 37.3 Å². The SMILES string of the molecule is Cc1ccc(S(=O)(=O)NC(=O)c2nnn(-c3ccc(C(F)(F)F)cc3Cl)c2C(F)(F)F)cc1. The highest BCUT2D eigenvalue weighted by molar-refractivity contribution is 7.90. The summed E-state index contributed by atoms with van der Waals surface area (Å²) in [6.45, 7) is 1.66. The molecule has 0 bridgehead atoms. The molecule has 0 radical (unpaired) electrons. The first-order valence-corrected chi connectivity index (χ1v) is 10.5. The number of nitrogens with one attached hydrogen (secondary N) is 1. The maximum Gasteiger partial charge on any atom is 0.435 e. The van der Waals surface area contributed by atoms with Gasteiger partial charge in [0.1, 0.15) is 0 Å². The van der Waals surface area contributed by atoms with E-state index in [1.165, 1.54) is 16.9 Å². The average Bonchev–Trinajstić information content (AvgIpc) is 3.13. The Kier molecular flexibility index (Phi) is 6.19. The molecule has 0 saturated heterocycles. The van der Waals surface area contributed by atoms with E-state index in [2.05, 4.69) is 10.3 Å². The summed E-state index contributed by atoms with van der Waals surface area (Å²) in [7, 11) is -4.57. The second kappa shape index (κ2) is 8.33. The van der Waals surface area contributed by atoms with Crippen LogP contribution in [0.4, 0.5) is 26.3 Å². The molecule has 0 spiro atoms. The van der Waals surface area contributed by atoms with Crippen LogP contribution in [-0.2, 0) is 22.4 Å². The van der Waals surface area contributed by atoms with Gasteiger partial charge in [-0.25, -0.2) is 17.8 Å². The zero-order valence-electron chi connectivity index (χ0n) is 16.2. The van der Waals surface area contributed by atoms with Crippen molar-refractivity contribution in [2.45, 2.75) is 24.2 Å². The summed E-state index contributed by atoms with van der Waals surface area (Å²) in [6, 6.07) is 6.53. The van der Waals surface area contributed by atoms with Crippen molar-refractivity contribution < 1.29 is 39.6 Å². The number of aromatic nitrogens is 3. The van der Waals surface area contributed by atoms with Crippen LogP contribution in [0.3, 0.4) is 0 Å². The van der Waals surface area contributed by atoms with E-state index >= 15 is 0 Å². The predicted octanol–water partition coefficient (Wildman–Crippen LogP) is 4.39. The summed E-state index contributed by atoms with van der Waals surface area (Å²) in [5, 5.41) is 5.50. The fraction of sp³-hybridized carbons (Fsp3) is 0.167. The number of alkyl halides is 6. The van der Waals surface area contributed by atoms with E-state index in [9.17, 15) is 39.6 Å². The van der Waals surface area contributed by atoms with Crippen LogP contribution >= 0.6 is 11.6 Å². The molecule has 15 heteroatoms. The Hall–Kier alpha value is -3.13. The Bertz CT molecular complexity index is 1320. The van der Waals surface area contributed by atoms with Crippen LogP contribution in [-0.4, -0.2) is 29.3 Å². The Balaban J connectivity index is 2.05. The van der Waals surface area contributed by atoms with E-state index in [4.69, 9.17) is 11.6 Å². The fourth-order valence-electron chi connectivity index (χ4n) is 2.66. The van der Waals surface area contributed by atoms with Gasteiger partial charge in [0.25, 0.3) is 15.9 Å². The number of carbonyl (C=O) groups excluding carboxylic acids is 1. The molecule has 0 aliphatic rings. The molecule has 0 unspecified atom stereocenters. The number of sulfonamides is 1. The number of hydrogen-bond donors (Lipinski definition) is 1. The highest BCUT2D eigenvalue weighted by Gasteiger charge is 2.43. The maximum absolute atomic E-state index is 13.7. The van der Waals surface area contributed by atoms with E-state index in [0.29, 0.717) is 23.8 Å². The van der Waals surface area contributed by atoms with Crippen molar-refractivity contribution in [3.05, 3.63) is 70.0 Å². The van der Waals surface area contributed by atoms with Gasteiger partial charge >= 0.3 is 12.4 Å². The molecular weight excluding hydrogens is 502 g/mol. The molecule has 0 aliphatic carbocycles. The maximum atomic E-state index is 13.7. The monoisotopic (exact) mass is 512 g/mol. The minimum Gasteiger partial charge on any atom is -0.266 e. The number of benzene rings is 2. The molecule has 1 aromatic heterocycles. The molecule has 3 aromatic rings. The Morgan fingerprint density at radius 1 is 1.00 bits per heavy atom. The van der Waals surface area contributed by atoms with E-state index in [1.807, 2.05) is 0 Å². The molecule has 1 amide bonds. The van der Waals surface area contributed by atoms with Crippen LogP contribution in [0.25, 0.3) is 5.69 Å². The molecule has 7 nitrogen and oxygen atoms in total. The van der Waals surface area contributed by atoms with Gasteiger partial charge in [-0.15, -0.1) is 5.10 Å². The first-order valence-electron chi connectivity index (χ1n) is 8.65. The number of amides is 1. The third-order valence-electron chi connectivity index (χ3n) is 4.22. The number of halogens is 7. The molecule has 3 rings (SSSR count). The lowest BCUT2D eigenvalue weighted by molar-refractivity contribution is -0.143. The standard InChI is InChI=1S/C18H11ClF6N4O3S/c1-9-2-5-11(6-3-9)33(31,32)27-16(30)14-15(18(23,24)25)29(28-26-14)13-7-4-10(8-12(13)19)17(20,21)22/h2-8H,1H3,(H,27,30). The summed E-state index contributed by atoms with van der Waals surface area (Å²) in [5.41, 5.74) is -4.46. The molecule has 33 heavy (non-hydrogen) atoms. The third kappa shape index (κ3) is 5.11. The summed E-state index contributed by atoms with van der Waals surface area (Å²) >= 11 is 5.73. The Morgan fingerprint density at radius 2 is 1.61 bits per heavy atom. The lowest BCUT2D eigenvalue weighted by atomic mass is 10.2. The van der Waals surface area contributed by atoms with E-state index in [-0.39, 0.29) is 4.68 Å². The minimum absolute atomic E-state index is 0.00982. The van der Waals surface area contributed by atoms with Crippen molar-refractivity contribution in [1.82, 2.24) is 19.7 Å². The highest BCUT2D eigenvalue weighted by Crippen LogP contribution is 2.37. The van der Waals surface area contributed by atoms with Gasteiger partial charge in [0.2, 0.25) is 0 Å². The van der Waals surface area contributed by atoms with Gasteiger partial charge in [-0.2, -0.15) is 26.3 Å². The number of carbonyl (C=O) groups is 1. The number of rotatable bonds is 4. The van der Waals surface area contributed by atoms with E-state index in [1.54, 1.807) is 6.92 Å². The van der Waals surface area contributed by atoms with Gasteiger partial charge in [0.15, 0.2) is 11.4 Å². The van der Waals surface area contributed by atoms with Crippen molar-refractivity contribution >= 4 is 27.5 Å². The van der Waals surface area contributed by atoms with Crippen molar-refractivity contribution in [1.29, 1.82) is 0 Å². The molecule has 2 aromatic carbocycles. The van der Waals surface area contributed by atoms with Gasteiger partial charge in [-0.3, -0.25) is 4.79 Å². The van der Waals surface area contributed by atoms with Crippen LogP contribution in [0.1, 0.15) is 27.3 Å². The van der Waals surface area contributed by atoms with Crippen molar-refractivity contribution in [3.63, 3.8) is 0 Å². The summed E-state index contributed by atoms with van der Waals surface area (Å²) in [5.74, 6) is -1.75. The highest BCUT2D eigenvalue weighted by atomic mass is 35.5. The molecule has 1 heterocycles. The Morgan fingerprint density at radius 3 is 2.12 bits per heavy atom. The predicted molar refractivity (Wildman–Crippen MR) is 102 cm³/mol. The van der Waals surface area contributed by atoms with Crippen LogP contribution in [0.2, 0.25) is 5.02 Å². The van der Waals surface area contributed by atoms with E-state index in [0.717, 1.165) is 12.1 Å². The quantitative estimate of drug-likeness (QED) is 0.523. The Labute approximate surface area is 187 Å². The lowest BCUT2D eigenvalue weighted by Gasteiger charge is -2.14. The second-order valence-corrected chi connectivity index (χ2v) is 8.70. The molecule has 0 aliphatic heterocycles. The normalized spacial score (nSPS) is 12.6. The minimum atomic E-state index is -5.31. The first-order chi connectivity index (χ1) is 15.1. The molecular formula is C18H11ClF6N4O3S. The second-order valence-electron chi connectivity index (χ2n) is 6.61. The number of nitrogens with zero attached hydrogens (tertiary/aromatic N) is 3. The summed E-state index contributed by atoms with van der Waals surface area (Å²) in [6.07, 6.45) is -10.1. The fourth-order valence-corrected chi connectivity index (χ4v) is 3.87. The molecule has 176 valence electrons. The summed E-state index contributed by atoms with van der Waals surface area (Å²) in [4.78, 5) is 12.0. The van der Waals surface area contributed by atoms with Crippen LogP contribution in [0, 0.1) is 6.92 Å². The van der Waals surface area contributed by atoms with Crippen LogP contribution in [0.5, 0.6) is 0 Å². The molecule has 0 fully saturated rings. The number of aryl methyl sites for hydroxylation is 1. The van der Waals surface area contributed by atoms with Crippen molar-refractivity contribution in [2.75, 3.05) is 0 Å². The smallest absolute Gasteiger partial charge is 0.266 e. The van der Waals surface area contributed by atoms with Gasteiger partial charge < -0.3 is 0 Å². The van der Waals surface area contributed by atoms with Crippen molar-refractivity contribution in [3.8, 4) is 5.69 Å². The van der Waals surface area contributed by atoms with E-state index < -0.39 is 60.8 Å². The first kappa shape index (κ1) is 24.5. The van der Waals surface area contributed by atoms with Crippen molar-refractivity contribution in [2.24, 2.45) is 0 Å². The van der Waals surface area contributed by atoms with Gasteiger partial charge in [0.05, 0.1) is 21.2 Å². The van der Waals surface area contributed by atoms with Gasteiger partial charge in [-0.1, -0.05) is 34.5 Å². The third-order valence-corrected chi connectivity index (χ3v) is 5.87. The molecule has 0 saturated carbocycles. The zero-order chi connectivity index (χ0) is 24.8. The molecule has 0 atom stereocenters. The topological polar surface area (TPSA) is 93.9 Å². The largest absolute Gasteiger partial charge is 0.435 e. The lowest BCUT2D eigenvalue weighted by Crippen LogP contribution is -2.32. The zero-order valence-corrected chi connectivity index (χ0v) is 17.7. The summed E-state index contributed by atoms with van der Waals surface area (Å²) < 4.78 is 106. The number of hydrogen-bond acceptors (Lipinski definition) is 5. The molecule has 1 N–H and O–H groups in total.